The van der Waals surface area contributed by atoms with Crippen LogP contribution in [0.3, 0.4) is 0 Å². The van der Waals surface area contributed by atoms with Crippen molar-refractivity contribution in [2.45, 2.75) is 37.7 Å². The van der Waals surface area contributed by atoms with Gasteiger partial charge in [0.1, 0.15) is 11.6 Å². The topological polar surface area (TPSA) is 58.6 Å². The summed E-state index contributed by atoms with van der Waals surface area (Å²) < 4.78 is 32.6. The van der Waals surface area contributed by atoms with Crippen molar-refractivity contribution < 1.29 is 23.4 Å². The van der Waals surface area contributed by atoms with E-state index in [1.807, 2.05) is 0 Å². The predicted octanol–water partition coefficient (Wildman–Crippen LogP) is 1.90. The highest BCUT2D eigenvalue weighted by Gasteiger charge is 2.43. The molecule has 0 radical (unpaired) electrons. The molecule has 1 fully saturated rings. The van der Waals surface area contributed by atoms with E-state index in [1.54, 1.807) is 6.92 Å². The Morgan fingerprint density at radius 1 is 1.41 bits per heavy atom. The Hall–Kier alpha value is -1.53. The third kappa shape index (κ3) is 3.62. The molecule has 1 saturated heterocycles. The highest BCUT2D eigenvalue weighted by atomic mass is 19.1. The lowest BCUT2D eigenvalue weighted by molar-refractivity contribution is -0.130. The monoisotopic (exact) mass is 313 g/mol. The lowest BCUT2D eigenvalue weighted by atomic mass is 9.73. The highest BCUT2D eigenvalue weighted by Crippen LogP contribution is 2.36. The maximum absolute atomic E-state index is 14.2. The van der Waals surface area contributed by atoms with Gasteiger partial charge in [-0.3, -0.25) is 4.79 Å². The molecular weight excluding hydrogens is 292 g/mol. The summed E-state index contributed by atoms with van der Waals surface area (Å²) in [6.45, 7) is 2.64. The standard InChI is InChI=1S/C16H21F2NO3/c1-11(20)4-7-19-15(21)16(5-8-22-9-6-16)13-3-2-12(17)10-14(13)18/h2-3,10-11,20H,4-9H2,1H3,(H,19,21). The van der Waals surface area contributed by atoms with Crippen molar-refractivity contribution in [1.82, 2.24) is 5.32 Å². The molecule has 4 nitrogen and oxygen atoms in total. The number of hydrogen-bond donors (Lipinski definition) is 2. The van der Waals surface area contributed by atoms with Crippen LogP contribution in [0.1, 0.15) is 31.7 Å². The number of rotatable bonds is 5. The van der Waals surface area contributed by atoms with Crippen LogP contribution in [-0.2, 0) is 14.9 Å². The van der Waals surface area contributed by atoms with Crippen LogP contribution >= 0.6 is 0 Å². The lowest BCUT2D eigenvalue weighted by Gasteiger charge is -2.36. The largest absolute Gasteiger partial charge is 0.393 e. The number of amides is 1. The third-order valence-corrected chi connectivity index (χ3v) is 4.08. The Balaban J connectivity index is 2.25. The number of ether oxygens (including phenoxy) is 1. The van der Waals surface area contributed by atoms with Crippen LogP contribution in [0.4, 0.5) is 8.78 Å². The Kier molecular flexibility index (Phi) is 5.47. The van der Waals surface area contributed by atoms with Crippen LogP contribution in [-0.4, -0.2) is 36.9 Å². The molecule has 1 aliphatic rings. The number of nitrogens with one attached hydrogen (secondary N) is 1. The first-order valence-electron chi connectivity index (χ1n) is 7.45. The zero-order valence-corrected chi connectivity index (χ0v) is 12.6. The summed E-state index contributed by atoms with van der Waals surface area (Å²) in [5, 5.41) is 12.0. The van der Waals surface area contributed by atoms with Gasteiger partial charge in [0.05, 0.1) is 11.5 Å². The molecule has 0 bridgehead atoms. The zero-order valence-electron chi connectivity index (χ0n) is 12.6. The maximum Gasteiger partial charge on any atom is 0.230 e. The minimum atomic E-state index is -1.05. The van der Waals surface area contributed by atoms with Crippen molar-refractivity contribution in [1.29, 1.82) is 0 Å². The smallest absolute Gasteiger partial charge is 0.230 e. The Bertz CT molecular complexity index is 528. The van der Waals surface area contributed by atoms with Gasteiger partial charge >= 0.3 is 0 Å². The van der Waals surface area contributed by atoms with Crippen molar-refractivity contribution >= 4 is 5.91 Å². The number of carbonyl (C=O) groups excluding carboxylic acids is 1. The fourth-order valence-electron chi connectivity index (χ4n) is 2.78. The second kappa shape index (κ2) is 7.15. The number of hydrogen-bond acceptors (Lipinski definition) is 3. The molecule has 6 heteroatoms. The molecule has 1 atom stereocenters. The zero-order chi connectivity index (χ0) is 16.2. The second-order valence-corrected chi connectivity index (χ2v) is 5.71. The summed E-state index contributed by atoms with van der Waals surface area (Å²) in [7, 11) is 0. The highest BCUT2D eigenvalue weighted by molar-refractivity contribution is 5.88. The third-order valence-electron chi connectivity index (χ3n) is 4.08. The molecule has 122 valence electrons. The van der Waals surface area contributed by atoms with E-state index < -0.39 is 23.2 Å². The first-order chi connectivity index (χ1) is 10.5. The van der Waals surface area contributed by atoms with E-state index in [0.717, 1.165) is 6.07 Å². The molecule has 1 amide bonds. The van der Waals surface area contributed by atoms with E-state index in [4.69, 9.17) is 4.74 Å². The SMILES string of the molecule is CC(O)CCNC(=O)C1(c2ccc(F)cc2F)CCOCC1. The van der Waals surface area contributed by atoms with Gasteiger partial charge in [-0.25, -0.2) is 8.78 Å². The predicted molar refractivity (Wildman–Crippen MR) is 77.4 cm³/mol. The van der Waals surface area contributed by atoms with Gasteiger partial charge in [-0.1, -0.05) is 6.07 Å². The molecule has 1 aromatic rings. The summed E-state index contributed by atoms with van der Waals surface area (Å²) >= 11 is 0. The van der Waals surface area contributed by atoms with Crippen molar-refractivity contribution in [3.05, 3.63) is 35.4 Å². The Labute approximate surface area is 128 Å². The lowest BCUT2D eigenvalue weighted by Crippen LogP contribution is -2.49. The summed E-state index contributed by atoms with van der Waals surface area (Å²) in [6.07, 6.45) is 0.588. The normalized spacial score (nSPS) is 18.7. The molecule has 1 unspecified atom stereocenters. The average molecular weight is 313 g/mol. The van der Waals surface area contributed by atoms with Crippen molar-refractivity contribution in [3.8, 4) is 0 Å². The molecule has 2 rings (SSSR count). The van der Waals surface area contributed by atoms with Crippen LogP contribution in [0.15, 0.2) is 18.2 Å². The van der Waals surface area contributed by atoms with Crippen LogP contribution in [0.2, 0.25) is 0 Å². The van der Waals surface area contributed by atoms with Gasteiger partial charge in [-0.2, -0.15) is 0 Å². The summed E-state index contributed by atoms with van der Waals surface area (Å²) in [4.78, 5) is 12.6. The quantitative estimate of drug-likeness (QED) is 0.873. The number of halogens is 2. The molecule has 1 heterocycles. The number of benzene rings is 1. The number of aliphatic hydroxyl groups is 1. The molecule has 0 saturated carbocycles. The van der Waals surface area contributed by atoms with Crippen LogP contribution in [0, 0.1) is 11.6 Å². The minimum absolute atomic E-state index is 0.201. The van der Waals surface area contributed by atoms with Gasteiger partial charge in [-0.15, -0.1) is 0 Å². The van der Waals surface area contributed by atoms with Gasteiger partial charge in [-0.05, 0) is 32.3 Å². The molecular formula is C16H21F2NO3. The van der Waals surface area contributed by atoms with E-state index in [0.29, 0.717) is 39.0 Å². The van der Waals surface area contributed by atoms with E-state index in [2.05, 4.69) is 5.32 Å². The fourth-order valence-corrected chi connectivity index (χ4v) is 2.78. The van der Waals surface area contributed by atoms with Gasteiger partial charge in [0.25, 0.3) is 0 Å². The van der Waals surface area contributed by atoms with Crippen LogP contribution < -0.4 is 5.32 Å². The van der Waals surface area contributed by atoms with Crippen LogP contribution in [0.5, 0.6) is 0 Å². The van der Waals surface area contributed by atoms with Gasteiger partial charge in [0.15, 0.2) is 0 Å². The Morgan fingerprint density at radius 2 is 2.09 bits per heavy atom. The van der Waals surface area contributed by atoms with Gasteiger partial charge < -0.3 is 15.2 Å². The molecule has 1 aliphatic heterocycles. The summed E-state index contributed by atoms with van der Waals surface area (Å²) in [5.41, 5.74) is -0.846. The van der Waals surface area contributed by atoms with Gasteiger partial charge in [0.2, 0.25) is 5.91 Å². The van der Waals surface area contributed by atoms with Crippen molar-refractivity contribution in [2.24, 2.45) is 0 Å². The molecule has 2 N–H and O–H groups in total. The summed E-state index contributed by atoms with van der Waals surface area (Å²) in [6, 6.07) is 3.30. The van der Waals surface area contributed by atoms with E-state index in [1.165, 1.54) is 12.1 Å². The summed E-state index contributed by atoms with van der Waals surface area (Å²) in [5.74, 6) is -1.69. The van der Waals surface area contributed by atoms with Gasteiger partial charge in [0, 0.05) is 31.4 Å². The second-order valence-electron chi connectivity index (χ2n) is 5.71. The van der Waals surface area contributed by atoms with E-state index >= 15 is 0 Å². The van der Waals surface area contributed by atoms with E-state index in [9.17, 15) is 18.7 Å². The molecule has 22 heavy (non-hydrogen) atoms. The number of aliphatic hydroxyl groups excluding tert-OH is 1. The molecule has 0 spiro atoms. The number of carbonyl (C=O) groups is 1. The molecule has 0 aliphatic carbocycles. The average Bonchev–Trinajstić information content (AvgIpc) is 2.47. The first-order valence-corrected chi connectivity index (χ1v) is 7.45. The molecule has 0 aromatic heterocycles. The van der Waals surface area contributed by atoms with Crippen molar-refractivity contribution in [3.63, 3.8) is 0 Å². The maximum atomic E-state index is 14.2. The van der Waals surface area contributed by atoms with E-state index in [-0.39, 0.29) is 11.5 Å². The van der Waals surface area contributed by atoms with Crippen LogP contribution in [0.25, 0.3) is 0 Å². The molecule has 1 aromatic carbocycles. The van der Waals surface area contributed by atoms with Crippen molar-refractivity contribution in [2.75, 3.05) is 19.8 Å². The minimum Gasteiger partial charge on any atom is -0.393 e. The fraction of sp³-hybridized carbons (Fsp3) is 0.562. The Morgan fingerprint density at radius 3 is 2.68 bits per heavy atom. The first kappa shape index (κ1) is 16.8.